The Hall–Kier alpha value is -0.830. The van der Waals surface area contributed by atoms with E-state index in [0.29, 0.717) is 12.1 Å². The summed E-state index contributed by atoms with van der Waals surface area (Å²) in [5.74, 6) is -0.185. The molecule has 1 aromatic rings. The van der Waals surface area contributed by atoms with Gasteiger partial charge in [0.1, 0.15) is 5.84 Å². The van der Waals surface area contributed by atoms with Crippen molar-refractivity contribution in [3.05, 3.63) is 31.8 Å². The van der Waals surface area contributed by atoms with Gasteiger partial charge in [0.25, 0.3) is 5.91 Å². The third kappa shape index (κ3) is 4.34. The zero-order valence-electron chi connectivity index (χ0n) is 10.6. The Morgan fingerprint density at radius 2 is 2.26 bits per heavy atom. The molecule has 0 spiro atoms. The van der Waals surface area contributed by atoms with E-state index in [1.807, 2.05) is 12.1 Å². The number of rotatable bonds is 4. The lowest BCUT2D eigenvalue weighted by Crippen LogP contribution is -2.36. The van der Waals surface area contributed by atoms with Gasteiger partial charge in [-0.25, -0.2) is 0 Å². The van der Waals surface area contributed by atoms with Crippen molar-refractivity contribution in [2.45, 2.75) is 6.92 Å². The molecule has 0 aromatic heterocycles. The van der Waals surface area contributed by atoms with Gasteiger partial charge in [0, 0.05) is 27.6 Å². The number of amides is 1. The van der Waals surface area contributed by atoms with E-state index in [1.54, 1.807) is 24.9 Å². The van der Waals surface area contributed by atoms with E-state index >= 15 is 0 Å². The van der Waals surface area contributed by atoms with Gasteiger partial charge in [-0.2, -0.15) is 0 Å². The number of amidine groups is 1. The Morgan fingerprint density at radius 3 is 2.84 bits per heavy atom. The number of carbonyl (C=O) groups excluding carboxylic acids is 1. The Labute approximate surface area is 134 Å². The Bertz CT molecular complexity index is 508. The van der Waals surface area contributed by atoms with Crippen LogP contribution in [-0.2, 0) is 0 Å². The van der Waals surface area contributed by atoms with Crippen LogP contribution in [0.1, 0.15) is 17.3 Å². The van der Waals surface area contributed by atoms with E-state index < -0.39 is 0 Å². The molecule has 1 rings (SSSR count). The molecule has 0 saturated heterocycles. The van der Waals surface area contributed by atoms with Gasteiger partial charge in [-0.05, 0) is 40.8 Å². The molecule has 0 aliphatic carbocycles. The molecule has 7 heteroatoms. The summed E-state index contributed by atoms with van der Waals surface area (Å²) in [5.41, 5.74) is 6.14. The van der Waals surface area contributed by atoms with Crippen molar-refractivity contribution < 1.29 is 10.0 Å². The second-order valence-electron chi connectivity index (χ2n) is 4.24. The van der Waals surface area contributed by atoms with Gasteiger partial charge in [-0.1, -0.05) is 28.0 Å². The molecule has 1 amide bonds. The lowest BCUT2D eigenvalue weighted by atomic mass is 10.1. The van der Waals surface area contributed by atoms with E-state index in [-0.39, 0.29) is 17.7 Å². The standard InChI is InChI=1S/C12H15BrIN3O2/c1-7(11(15)16-19)6-17(2)12(18)9-5-8(13)3-4-10(9)14/h3-5,7,19H,6H2,1-2H3,(H2,15,16). The zero-order chi connectivity index (χ0) is 14.6. The zero-order valence-corrected chi connectivity index (χ0v) is 14.3. The van der Waals surface area contributed by atoms with E-state index in [9.17, 15) is 4.79 Å². The van der Waals surface area contributed by atoms with Crippen LogP contribution in [0.5, 0.6) is 0 Å². The minimum atomic E-state index is -0.205. The van der Waals surface area contributed by atoms with Gasteiger partial charge in [0.2, 0.25) is 0 Å². The highest BCUT2D eigenvalue weighted by Crippen LogP contribution is 2.20. The molecule has 0 aliphatic rings. The topological polar surface area (TPSA) is 78.9 Å². The summed E-state index contributed by atoms with van der Waals surface area (Å²) in [5, 5.41) is 11.6. The molecule has 0 radical (unpaired) electrons. The van der Waals surface area contributed by atoms with Crippen molar-refractivity contribution >= 4 is 50.3 Å². The molecule has 1 atom stereocenters. The van der Waals surface area contributed by atoms with Crippen LogP contribution in [0.3, 0.4) is 0 Å². The van der Waals surface area contributed by atoms with Crippen LogP contribution in [0.4, 0.5) is 0 Å². The normalized spacial score (nSPS) is 13.2. The Balaban J connectivity index is 2.85. The monoisotopic (exact) mass is 439 g/mol. The van der Waals surface area contributed by atoms with Crippen molar-refractivity contribution in [1.82, 2.24) is 4.90 Å². The fourth-order valence-corrected chi connectivity index (χ4v) is 2.48. The number of carbonyl (C=O) groups is 1. The van der Waals surface area contributed by atoms with Gasteiger partial charge < -0.3 is 15.8 Å². The lowest BCUT2D eigenvalue weighted by molar-refractivity contribution is 0.0785. The number of halogens is 2. The Kier molecular flexibility index (Phi) is 6.05. The SMILES string of the molecule is CC(CN(C)C(=O)c1cc(Br)ccc1I)/C(N)=N/O. The summed E-state index contributed by atoms with van der Waals surface area (Å²) >= 11 is 5.48. The van der Waals surface area contributed by atoms with Crippen molar-refractivity contribution in [3.63, 3.8) is 0 Å². The summed E-state index contributed by atoms with van der Waals surface area (Å²) in [6, 6.07) is 5.55. The minimum Gasteiger partial charge on any atom is -0.409 e. The van der Waals surface area contributed by atoms with E-state index in [0.717, 1.165) is 8.04 Å². The predicted molar refractivity (Wildman–Crippen MR) is 86.4 cm³/mol. The van der Waals surface area contributed by atoms with Gasteiger partial charge >= 0.3 is 0 Å². The van der Waals surface area contributed by atoms with Crippen LogP contribution in [0, 0.1) is 9.49 Å². The molecule has 104 valence electrons. The molecular weight excluding hydrogens is 425 g/mol. The van der Waals surface area contributed by atoms with Crippen LogP contribution in [0.15, 0.2) is 27.8 Å². The average molecular weight is 440 g/mol. The third-order valence-corrected chi connectivity index (χ3v) is 4.11. The maximum absolute atomic E-state index is 12.3. The summed E-state index contributed by atoms with van der Waals surface area (Å²) in [7, 11) is 1.69. The van der Waals surface area contributed by atoms with Crippen molar-refractivity contribution in [1.29, 1.82) is 0 Å². The molecule has 0 fully saturated rings. The highest BCUT2D eigenvalue weighted by atomic mass is 127. The largest absolute Gasteiger partial charge is 0.409 e. The van der Waals surface area contributed by atoms with E-state index in [4.69, 9.17) is 10.9 Å². The van der Waals surface area contributed by atoms with Crippen LogP contribution in [0.25, 0.3) is 0 Å². The molecule has 0 heterocycles. The minimum absolute atomic E-state index is 0.0942. The van der Waals surface area contributed by atoms with E-state index in [2.05, 4.69) is 43.7 Å². The first-order valence-corrected chi connectivity index (χ1v) is 7.42. The number of hydrogen-bond donors (Lipinski definition) is 2. The number of nitrogens with two attached hydrogens (primary N) is 1. The highest BCUT2D eigenvalue weighted by Gasteiger charge is 2.18. The molecule has 0 bridgehead atoms. The molecule has 0 aliphatic heterocycles. The number of hydrogen-bond acceptors (Lipinski definition) is 3. The summed E-state index contributed by atoms with van der Waals surface area (Å²) in [6.07, 6.45) is 0. The fourth-order valence-electron chi connectivity index (χ4n) is 1.55. The van der Waals surface area contributed by atoms with Crippen molar-refractivity contribution in [2.24, 2.45) is 16.8 Å². The molecule has 1 unspecified atom stereocenters. The summed E-state index contributed by atoms with van der Waals surface area (Å²) in [6.45, 7) is 2.18. The average Bonchev–Trinajstić information content (AvgIpc) is 2.39. The van der Waals surface area contributed by atoms with Gasteiger partial charge in [0.15, 0.2) is 0 Å². The highest BCUT2D eigenvalue weighted by molar-refractivity contribution is 14.1. The molecule has 5 nitrogen and oxygen atoms in total. The van der Waals surface area contributed by atoms with Crippen LogP contribution >= 0.6 is 38.5 Å². The second-order valence-corrected chi connectivity index (χ2v) is 6.31. The van der Waals surface area contributed by atoms with Crippen LogP contribution in [-0.4, -0.2) is 35.4 Å². The van der Waals surface area contributed by atoms with Crippen LogP contribution < -0.4 is 5.73 Å². The second kappa shape index (κ2) is 7.09. The predicted octanol–water partition coefficient (Wildman–Crippen LogP) is 2.51. The maximum atomic E-state index is 12.3. The number of oxime groups is 1. The smallest absolute Gasteiger partial charge is 0.254 e. The molecule has 3 N–H and O–H groups in total. The number of benzene rings is 1. The van der Waals surface area contributed by atoms with Gasteiger partial charge in [-0.15, -0.1) is 0 Å². The van der Waals surface area contributed by atoms with Crippen LogP contribution in [0.2, 0.25) is 0 Å². The van der Waals surface area contributed by atoms with Crippen molar-refractivity contribution in [3.8, 4) is 0 Å². The van der Waals surface area contributed by atoms with Gasteiger partial charge in [-0.3, -0.25) is 4.79 Å². The maximum Gasteiger partial charge on any atom is 0.254 e. The van der Waals surface area contributed by atoms with Crippen molar-refractivity contribution in [2.75, 3.05) is 13.6 Å². The third-order valence-electron chi connectivity index (χ3n) is 2.67. The number of nitrogens with zero attached hydrogens (tertiary/aromatic N) is 2. The summed E-state index contributed by atoms with van der Waals surface area (Å²) < 4.78 is 1.74. The first-order valence-electron chi connectivity index (χ1n) is 5.54. The molecule has 1 aromatic carbocycles. The molecular formula is C12H15BrIN3O2. The molecule has 0 saturated carbocycles. The summed E-state index contributed by atoms with van der Waals surface area (Å²) in [4.78, 5) is 13.9. The fraction of sp³-hybridized carbons (Fsp3) is 0.333. The van der Waals surface area contributed by atoms with E-state index in [1.165, 1.54) is 0 Å². The first-order chi connectivity index (χ1) is 8.86. The first kappa shape index (κ1) is 16.2. The molecule has 19 heavy (non-hydrogen) atoms. The lowest BCUT2D eigenvalue weighted by Gasteiger charge is -2.21. The van der Waals surface area contributed by atoms with Gasteiger partial charge in [0.05, 0.1) is 5.56 Å². The quantitative estimate of drug-likeness (QED) is 0.249. The Morgan fingerprint density at radius 1 is 1.63 bits per heavy atom.